The van der Waals surface area contributed by atoms with Gasteiger partial charge in [0, 0.05) is 42.1 Å². The number of aliphatic hydroxyl groups is 1. The van der Waals surface area contributed by atoms with E-state index in [4.69, 9.17) is 4.74 Å². The minimum atomic E-state index is -2.00. The molecular weight excluding hydrogens is 534 g/mol. The van der Waals surface area contributed by atoms with E-state index in [9.17, 15) is 19.5 Å². The fourth-order valence-corrected chi connectivity index (χ4v) is 8.10. The number of hydrogen-bond acceptors (Lipinski definition) is 6. The maximum absolute atomic E-state index is 14.4. The third kappa shape index (κ3) is 3.70. The first-order valence-corrected chi connectivity index (χ1v) is 15.4. The van der Waals surface area contributed by atoms with Gasteiger partial charge in [0.25, 0.3) is 11.8 Å². The molecule has 3 fully saturated rings. The lowest BCUT2D eigenvalue weighted by Crippen LogP contribution is -2.71. The number of aromatic amines is 1. The Morgan fingerprint density at radius 2 is 2.02 bits per heavy atom. The first-order chi connectivity index (χ1) is 20.0. The molecule has 10 heteroatoms. The number of nitrogens with zero attached hydrogens (tertiary/aromatic N) is 3. The molecule has 0 spiro atoms. The van der Waals surface area contributed by atoms with E-state index < -0.39 is 41.5 Å². The van der Waals surface area contributed by atoms with E-state index in [2.05, 4.69) is 33.5 Å². The van der Waals surface area contributed by atoms with Crippen molar-refractivity contribution >= 4 is 34.2 Å². The number of nitrogens with one attached hydrogen (secondary N) is 2. The molecule has 42 heavy (non-hydrogen) atoms. The van der Waals surface area contributed by atoms with Crippen molar-refractivity contribution in [3.63, 3.8) is 0 Å². The number of benzene rings is 1. The molecule has 3 amide bonds. The SMILES string of the molecule is CC(C)C[C@H]1C(=O)N2CCC[C@@H]2[C@@]2(O)O[C@@](NC(=O)[C@H]3C=C4c5cccc6[nH]cc(c56)C[C@H]4N(C)C3)(C(C)C)C(=O)N12. The molecule has 0 saturated carbocycles. The highest BCUT2D eigenvalue weighted by Gasteiger charge is 2.72. The number of aromatic nitrogens is 1. The monoisotopic (exact) mass is 575 g/mol. The molecule has 10 nitrogen and oxygen atoms in total. The zero-order valence-electron chi connectivity index (χ0n) is 25.0. The van der Waals surface area contributed by atoms with E-state index in [-0.39, 0.29) is 23.8 Å². The number of amides is 3. The minimum Gasteiger partial charge on any atom is -0.361 e. The zero-order valence-corrected chi connectivity index (χ0v) is 25.0. The van der Waals surface area contributed by atoms with Crippen LogP contribution in [-0.2, 0) is 25.5 Å². The molecule has 7 rings (SSSR count). The predicted molar refractivity (Wildman–Crippen MR) is 156 cm³/mol. The normalized spacial score (nSPS) is 34.2. The number of H-pyrrole nitrogens is 1. The number of carbonyl (C=O) groups is 3. The fraction of sp³-hybridized carbons (Fsp3) is 0.594. The summed E-state index contributed by atoms with van der Waals surface area (Å²) in [6.07, 6.45) is 6.62. The van der Waals surface area contributed by atoms with Gasteiger partial charge in [-0.05, 0) is 61.4 Å². The van der Waals surface area contributed by atoms with Crippen molar-refractivity contribution in [2.45, 2.75) is 83.1 Å². The number of fused-ring (bicyclic) bond motifs is 5. The third-order valence-corrected chi connectivity index (χ3v) is 10.2. The summed E-state index contributed by atoms with van der Waals surface area (Å²) < 4.78 is 6.43. The van der Waals surface area contributed by atoms with Gasteiger partial charge in [0.1, 0.15) is 12.1 Å². The van der Waals surface area contributed by atoms with Crippen LogP contribution in [0.2, 0.25) is 0 Å². The van der Waals surface area contributed by atoms with Crippen molar-refractivity contribution in [2.24, 2.45) is 17.8 Å². The Hall–Kier alpha value is -3.21. The zero-order chi connectivity index (χ0) is 29.7. The Bertz CT molecular complexity index is 1510. The lowest BCUT2D eigenvalue weighted by Gasteiger charge is -2.49. The molecule has 1 aliphatic carbocycles. The van der Waals surface area contributed by atoms with Crippen LogP contribution in [0.5, 0.6) is 0 Å². The van der Waals surface area contributed by atoms with Crippen LogP contribution < -0.4 is 5.32 Å². The first-order valence-electron chi connectivity index (χ1n) is 15.4. The Balaban J connectivity index is 1.24. The van der Waals surface area contributed by atoms with Gasteiger partial charge in [-0.25, -0.2) is 0 Å². The summed E-state index contributed by atoms with van der Waals surface area (Å²) in [4.78, 5) is 50.7. The molecule has 0 radical (unpaired) electrons. The Labute approximate surface area is 246 Å². The van der Waals surface area contributed by atoms with Gasteiger partial charge in [0.15, 0.2) is 0 Å². The number of ether oxygens (including phenoxy) is 1. The Kier molecular flexibility index (Phi) is 6.18. The summed E-state index contributed by atoms with van der Waals surface area (Å²) in [6.45, 7) is 8.60. The van der Waals surface area contributed by atoms with Crippen molar-refractivity contribution in [2.75, 3.05) is 20.1 Å². The molecule has 1 aromatic carbocycles. The topological polar surface area (TPSA) is 118 Å². The summed E-state index contributed by atoms with van der Waals surface area (Å²) in [6, 6.07) is 4.84. The second-order valence-electron chi connectivity index (χ2n) is 13.6. The molecule has 6 atom stereocenters. The van der Waals surface area contributed by atoms with Crippen LogP contribution in [0.1, 0.15) is 58.1 Å². The highest BCUT2D eigenvalue weighted by atomic mass is 16.7. The Morgan fingerprint density at radius 1 is 1.24 bits per heavy atom. The van der Waals surface area contributed by atoms with E-state index in [0.29, 0.717) is 25.9 Å². The van der Waals surface area contributed by atoms with Crippen molar-refractivity contribution in [3.8, 4) is 0 Å². The van der Waals surface area contributed by atoms with Gasteiger partial charge >= 0.3 is 0 Å². The van der Waals surface area contributed by atoms with Crippen LogP contribution in [0, 0.1) is 17.8 Å². The summed E-state index contributed by atoms with van der Waals surface area (Å²) in [5.74, 6) is -3.97. The molecule has 0 unspecified atom stereocenters. The molecule has 5 heterocycles. The molecule has 5 aliphatic rings. The number of carbonyl (C=O) groups excluding carboxylic acids is 3. The maximum Gasteiger partial charge on any atom is 0.281 e. The van der Waals surface area contributed by atoms with Crippen LogP contribution in [0.25, 0.3) is 16.5 Å². The largest absolute Gasteiger partial charge is 0.361 e. The smallest absolute Gasteiger partial charge is 0.281 e. The van der Waals surface area contributed by atoms with Crippen LogP contribution >= 0.6 is 0 Å². The fourth-order valence-electron chi connectivity index (χ4n) is 8.10. The standard InChI is InChI=1S/C32H41N5O5/c1-17(2)12-25-29(39)36-11-7-10-26(36)32(41)37(25)30(40)31(42-32,18(3)4)34-28(38)20-13-22-21-8-6-9-23-27(21)19(15-33-23)14-24(22)35(5)16-20/h6,8-9,13,15,17-18,20,24-26,33,41H,7,10-12,14,16H2,1-5H3,(H,34,38)/t20-,24+,25-,26+,31-,32+/m0/s1. The molecule has 4 aliphatic heterocycles. The lowest BCUT2D eigenvalue weighted by atomic mass is 9.79. The molecular formula is C32H41N5O5. The average Bonchev–Trinajstić information content (AvgIpc) is 3.65. The maximum atomic E-state index is 14.4. The van der Waals surface area contributed by atoms with E-state index in [1.54, 1.807) is 4.90 Å². The van der Waals surface area contributed by atoms with Gasteiger partial charge < -0.3 is 20.3 Å². The minimum absolute atomic E-state index is 0.108. The van der Waals surface area contributed by atoms with E-state index in [1.807, 2.05) is 46.9 Å². The highest BCUT2D eigenvalue weighted by molar-refractivity contribution is 6.01. The quantitative estimate of drug-likeness (QED) is 0.504. The second-order valence-corrected chi connectivity index (χ2v) is 13.6. The van der Waals surface area contributed by atoms with E-state index in [0.717, 1.165) is 29.5 Å². The van der Waals surface area contributed by atoms with Gasteiger partial charge in [-0.2, -0.15) is 0 Å². The van der Waals surface area contributed by atoms with Crippen LogP contribution in [0.4, 0.5) is 0 Å². The average molecular weight is 576 g/mol. The van der Waals surface area contributed by atoms with Crippen molar-refractivity contribution in [1.82, 2.24) is 25.0 Å². The van der Waals surface area contributed by atoms with Gasteiger partial charge in [0.2, 0.25) is 17.5 Å². The van der Waals surface area contributed by atoms with Gasteiger partial charge in [-0.1, -0.05) is 45.9 Å². The van der Waals surface area contributed by atoms with Crippen molar-refractivity contribution < 1.29 is 24.2 Å². The van der Waals surface area contributed by atoms with Crippen LogP contribution in [0.3, 0.4) is 0 Å². The van der Waals surface area contributed by atoms with Crippen LogP contribution in [0.15, 0.2) is 30.5 Å². The molecule has 224 valence electrons. The predicted octanol–water partition coefficient (Wildman–Crippen LogP) is 2.43. The van der Waals surface area contributed by atoms with Gasteiger partial charge in [-0.3, -0.25) is 28.9 Å². The Morgan fingerprint density at radius 3 is 2.76 bits per heavy atom. The second kappa shape index (κ2) is 9.39. The van der Waals surface area contributed by atoms with Crippen molar-refractivity contribution in [1.29, 1.82) is 0 Å². The molecule has 3 N–H and O–H groups in total. The molecule has 1 aromatic heterocycles. The first kappa shape index (κ1) is 27.6. The number of likely N-dealkylation sites (N-methyl/N-ethyl adjacent to an activating group) is 1. The van der Waals surface area contributed by atoms with Gasteiger partial charge in [-0.15, -0.1) is 0 Å². The molecule has 3 saturated heterocycles. The van der Waals surface area contributed by atoms with Crippen molar-refractivity contribution in [3.05, 3.63) is 41.6 Å². The number of rotatable bonds is 5. The summed E-state index contributed by atoms with van der Waals surface area (Å²) in [5.41, 5.74) is 2.79. The van der Waals surface area contributed by atoms with E-state index in [1.165, 1.54) is 15.8 Å². The third-order valence-electron chi connectivity index (χ3n) is 10.2. The number of piperazine rings is 1. The highest BCUT2D eigenvalue weighted by Crippen LogP contribution is 2.48. The molecule has 0 bridgehead atoms. The molecule has 2 aromatic rings. The van der Waals surface area contributed by atoms with Crippen LogP contribution in [-0.4, -0.2) is 92.4 Å². The van der Waals surface area contributed by atoms with Gasteiger partial charge in [0.05, 0.1) is 5.92 Å². The lowest BCUT2D eigenvalue weighted by molar-refractivity contribution is -0.322. The van der Waals surface area contributed by atoms with E-state index >= 15 is 0 Å². The number of hydrogen-bond donors (Lipinski definition) is 3. The summed E-state index contributed by atoms with van der Waals surface area (Å²) in [5, 5.41) is 16.3. The summed E-state index contributed by atoms with van der Waals surface area (Å²) >= 11 is 0. The summed E-state index contributed by atoms with van der Waals surface area (Å²) in [7, 11) is 2.03.